The van der Waals surface area contributed by atoms with Crippen molar-refractivity contribution in [3.63, 3.8) is 0 Å². The summed E-state index contributed by atoms with van der Waals surface area (Å²) in [5.74, 6) is 0.172. The van der Waals surface area contributed by atoms with Crippen molar-refractivity contribution in [1.82, 2.24) is 4.90 Å². The van der Waals surface area contributed by atoms with Gasteiger partial charge in [-0.2, -0.15) is 0 Å². The Kier molecular flexibility index (Phi) is 6.96. The normalized spacial score (nSPS) is 11.1. The van der Waals surface area contributed by atoms with Crippen LogP contribution in [0.5, 0.6) is 0 Å². The van der Waals surface area contributed by atoms with Gasteiger partial charge in [0.1, 0.15) is 0 Å². The van der Waals surface area contributed by atoms with Crippen molar-refractivity contribution in [3.8, 4) is 0 Å². The lowest BCUT2D eigenvalue weighted by Gasteiger charge is -2.14. The molecule has 1 N–H and O–H groups in total. The second-order valence-electron chi connectivity index (χ2n) is 4.05. The highest BCUT2D eigenvalue weighted by Gasteiger charge is 2.11. The van der Waals surface area contributed by atoms with E-state index < -0.39 is 0 Å². The Morgan fingerprint density at radius 3 is 2.76 bits per heavy atom. The first kappa shape index (κ1) is 14.8. The number of ketones is 1. The van der Waals surface area contributed by atoms with E-state index in [1.54, 1.807) is 0 Å². The number of rotatable bonds is 8. The predicted octanol–water partition coefficient (Wildman–Crippen LogP) is 2.79. The molecule has 1 heterocycles. The zero-order valence-corrected chi connectivity index (χ0v) is 12.4. The van der Waals surface area contributed by atoms with Crippen LogP contribution < -0.4 is 0 Å². The van der Waals surface area contributed by atoms with Gasteiger partial charge in [-0.3, -0.25) is 9.69 Å². The van der Waals surface area contributed by atoms with E-state index in [0.717, 1.165) is 34.5 Å². The molecule has 17 heavy (non-hydrogen) atoms. The van der Waals surface area contributed by atoms with Crippen molar-refractivity contribution in [2.24, 2.45) is 0 Å². The van der Waals surface area contributed by atoms with Crippen molar-refractivity contribution < 1.29 is 9.90 Å². The quantitative estimate of drug-likeness (QED) is 0.591. The maximum atomic E-state index is 11.9. The fourth-order valence-corrected chi connectivity index (χ4v) is 2.85. The molecular weight excluding hydrogens is 302 g/mol. The van der Waals surface area contributed by atoms with E-state index in [1.807, 2.05) is 24.1 Å². The van der Waals surface area contributed by atoms with Crippen LogP contribution in [0.4, 0.5) is 0 Å². The number of halogens is 1. The molecule has 1 rings (SSSR count). The van der Waals surface area contributed by atoms with Crippen LogP contribution in [0, 0.1) is 0 Å². The molecule has 5 heteroatoms. The summed E-state index contributed by atoms with van der Waals surface area (Å²) in [6.07, 6.45) is 2.89. The highest BCUT2D eigenvalue weighted by Crippen LogP contribution is 2.22. The van der Waals surface area contributed by atoms with E-state index in [2.05, 4.69) is 15.9 Å². The van der Waals surface area contributed by atoms with Gasteiger partial charge in [0.05, 0.1) is 15.2 Å². The highest BCUT2D eigenvalue weighted by molar-refractivity contribution is 9.11. The molecule has 3 nitrogen and oxygen atoms in total. The summed E-state index contributed by atoms with van der Waals surface area (Å²) in [7, 11) is 1.96. The molecule has 0 spiro atoms. The van der Waals surface area contributed by atoms with Gasteiger partial charge in [0.15, 0.2) is 5.78 Å². The van der Waals surface area contributed by atoms with Gasteiger partial charge in [0, 0.05) is 6.61 Å². The van der Waals surface area contributed by atoms with Crippen LogP contribution in [-0.4, -0.2) is 42.5 Å². The Bertz CT molecular complexity index is 354. The summed E-state index contributed by atoms with van der Waals surface area (Å²) < 4.78 is 0.992. The number of aliphatic hydroxyl groups excluding tert-OH is 1. The summed E-state index contributed by atoms with van der Waals surface area (Å²) in [6, 6.07) is 3.76. The van der Waals surface area contributed by atoms with Crippen molar-refractivity contribution in [2.75, 3.05) is 26.7 Å². The number of thiophene rings is 1. The van der Waals surface area contributed by atoms with E-state index in [-0.39, 0.29) is 12.4 Å². The van der Waals surface area contributed by atoms with Gasteiger partial charge in [0.2, 0.25) is 0 Å². The summed E-state index contributed by atoms with van der Waals surface area (Å²) in [4.78, 5) is 14.7. The minimum absolute atomic E-state index is 0.172. The van der Waals surface area contributed by atoms with Crippen LogP contribution in [-0.2, 0) is 0 Å². The lowest BCUT2D eigenvalue weighted by molar-refractivity contribution is 0.0949. The van der Waals surface area contributed by atoms with Crippen molar-refractivity contribution >= 4 is 33.0 Å². The van der Waals surface area contributed by atoms with Gasteiger partial charge in [0.25, 0.3) is 0 Å². The fraction of sp³-hybridized carbons (Fsp3) is 0.583. The van der Waals surface area contributed by atoms with Gasteiger partial charge in [-0.25, -0.2) is 0 Å². The van der Waals surface area contributed by atoms with E-state index in [0.29, 0.717) is 6.54 Å². The third-order valence-electron chi connectivity index (χ3n) is 2.46. The van der Waals surface area contributed by atoms with Gasteiger partial charge >= 0.3 is 0 Å². The molecule has 0 fully saturated rings. The zero-order valence-electron chi connectivity index (χ0n) is 9.99. The van der Waals surface area contributed by atoms with Crippen molar-refractivity contribution in [1.29, 1.82) is 0 Å². The molecule has 0 aromatic carbocycles. The average Bonchev–Trinajstić information content (AvgIpc) is 2.71. The number of Topliss-reactive ketones (excluding diaryl/α,β-unsaturated/α-hetero) is 1. The largest absolute Gasteiger partial charge is 0.396 e. The number of hydrogen-bond donors (Lipinski definition) is 1. The molecule has 0 radical (unpaired) electrons. The van der Waals surface area contributed by atoms with Gasteiger partial charge in [-0.15, -0.1) is 11.3 Å². The Morgan fingerprint density at radius 1 is 1.41 bits per heavy atom. The number of likely N-dealkylation sites (N-methyl/N-ethyl adjacent to an activating group) is 1. The molecule has 0 aliphatic rings. The van der Waals surface area contributed by atoms with Crippen LogP contribution >= 0.6 is 27.3 Å². The maximum absolute atomic E-state index is 11.9. The number of unbranched alkanes of at least 4 members (excludes halogenated alkanes) is 2. The Hall–Kier alpha value is -0.230. The monoisotopic (exact) mass is 319 g/mol. The summed E-state index contributed by atoms with van der Waals surface area (Å²) >= 11 is 4.83. The Balaban J connectivity index is 2.26. The SMILES string of the molecule is CN(CCCCCO)CC(=O)c1ccc(Br)s1. The number of aliphatic hydroxyl groups is 1. The minimum atomic E-state index is 0.172. The maximum Gasteiger partial charge on any atom is 0.186 e. The second-order valence-corrected chi connectivity index (χ2v) is 6.51. The van der Waals surface area contributed by atoms with Crippen molar-refractivity contribution in [3.05, 3.63) is 20.8 Å². The predicted molar refractivity (Wildman–Crippen MR) is 74.8 cm³/mol. The Morgan fingerprint density at radius 2 is 2.18 bits per heavy atom. The van der Waals surface area contributed by atoms with E-state index in [4.69, 9.17) is 5.11 Å². The Labute approximate surface area is 115 Å². The number of nitrogens with zero attached hydrogens (tertiary/aromatic N) is 1. The summed E-state index contributed by atoms with van der Waals surface area (Å²) in [5, 5.41) is 8.66. The van der Waals surface area contributed by atoms with Crippen LogP contribution in [0.2, 0.25) is 0 Å². The van der Waals surface area contributed by atoms with Gasteiger partial charge in [-0.05, 0) is 60.9 Å². The second kappa shape index (κ2) is 7.97. The van der Waals surface area contributed by atoms with Gasteiger partial charge < -0.3 is 5.11 Å². The lowest BCUT2D eigenvalue weighted by Crippen LogP contribution is -2.26. The van der Waals surface area contributed by atoms with Crippen LogP contribution in [0.1, 0.15) is 28.9 Å². The standard InChI is InChI=1S/C12H18BrNO2S/c1-14(7-3-2-4-8-15)9-10(16)11-5-6-12(13)17-11/h5-6,15H,2-4,7-9H2,1H3. The molecule has 96 valence electrons. The average molecular weight is 320 g/mol. The molecule has 0 amide bonds. The third-order valence-corrected chi connectivity index (χ3v) is 4.12. The number of hydrogen-bond acceptors (Lipinski definition) is 4. The lowest BCUT2D eigenvalue weighted by atomic mass is 10.2. The van der Waals surface area contributed by atoms with Crippen molar-refractivity contribution in [2.45, 2.75) is 19.3 Å². The zero-order chi connectivity index (χ0) is 12.7. The molecule has 0 unspecified atom stereocenters. The van der Waals surface area contributed by atoms with E-state index >= 15 is 0 Å². The highest BCUT2D eigenvalue weighted by atomic mass is 79.9. The molecule has 0 aliphatic heterocycles. The molecule has 0 bridgehead atoms. The minimum Gasteiger partial charge on any atom is -0.396 e. The molecule has 0 aliphatic carbocycles. The molecular formula is C12H18BrNO2S. The van der Waals surface area contributed by atoms with Crippen LogP contribution in [0.15, 0.2) is 15.9 Å². The first-order chi connectivity index (χ1) is 8.13. The molecule has 1 aromatic rings. The third kappa shape index (κ3) is 5.77. The van der Waals surface area contributed by atoms with E-state index in [1.165, 1.54) is 11.3 Å². The van der Waals surface area contributed by atoms with Gasteiger partial charge in [-0.1, -0.05) is 0 Å². The van der Waals surface area contributed by atoms with E-state index in [9.17, 15) is 4.79 Å². The fourth-order valence-electron chi connectivity index (χ4n) is 1.54. The summed E-state index contributed by atoms with van der Waals surface area (Å²) in [6.45, 7) is 1.62. The smallest absolute Gasteiger partial charge is 0.186 e. The molecule has 1 aromatic heterocycles. The molecule has 0 saturated carbocycles. The first-order valence-electron chi connectivity index (χ1n) is 5.71. The number of carbonyl (C=O) groups is 1. The topological polar surface area (TPSA) is 40.5 Å². The molecule has 0 atom stereocenters. The first-order valence-corrected chi connectivity index (χ1v) is 7.32. The van der Waals surface area contributed by atoms with Crippen LogP contribution in [0.3, 0.4) is 0 Å². The number of carbonyl (C=O) groups excluding carboxylic acids is 1. The molecule has 0 saturated heterocycles. The summed E-state index contributed by atoms with van der Waals surface area (Å²) in [5.41, 5.74) is 0. The van der Waals surface area contributed by atoms with Crippen LogP contribution in [0.25, 0.3) is 0 Å².